The molecule has 0 bridgehead atoms. The summed E-state index contributed by atoms with van der Waals surface area (Å²) in [6.07, 6.45) is 3.39. The number of halogens is 1. The van der Waals surface area contributed by atoms with E-state index in [0.29, 0.717) is 0 Å². The van der Waals surface area contributed by atoms with Gasteiger partial charge in [-0.05, 0) is 37.8 Å². The molecule has 0 amide bonds. The number of hydrogen-bond acceptors (Lipinski definition) is 2. The Balaban J connectivity index is 0.000000343. The average Bonchev–Trinajstić information content (AvgIpc) is 2.68. The van der Waals surface area contributed by atoms with E-state index in [1.54, 1.807) is 0 Å². The summed E-state index contributed by atoms with van der Waals surface area (Å²) in [5.74, 6) is 0.924. The minimum absolute atomic E-state index is 0.0560. The zero-order valence-corrected chi connectivity index (χ0v) is 23.7. The minimum Gasteiger partial charge on any atom is -0.380 e. The third-order valence-electron chi connectivity index (χ3n) is 4.81. The van der Waals surface area contributed by atoms with Crippen LogP contribution in [-0.4, -0.2) is 16.3 Å². The number of para-hydroxylation sites is 2. The zero-order chi connectivity index (χ0) is 24.4. The number of anilines is 1. The molecule has 2 aromatic rings. The Morgan fingerprint density at radius 1 is 1.00 bits per heavy atom. The van der Waals surface area contributed by atoms with Crippen LogP contribution < -0.4 is 10.1 Å². The minimum atomic E-state index is -0.191. The van der Waals surface area contributed by atoms with Gasteiger partial charge in [-0.3, -0.25) is 0 Å². The third-order valence-corrected chi connectivity index (χ3v) is 6.00. The molecular weight excluding hydrogens is 503 g/mol. The van der Waals surface area contributed by atoms with E-state index in [2.05, 4.69) is 72.0 Å². The van der Waals surface area contributed by atoms with Gasteiger partial charge in [-0.25, -0.2) is 0 Å². The fraction of sp³-hybridized carbons (Fsp3) is 0.500. The van der Waals surface area contributed by atoms with Crippen molar-refractivity contribution in [1.29, 1.82) is 0 Å². The quantitative estimate of drug-likeness (QED) is 0.254. The van der Waals surface area contributed by atoms with E-state index in [9.17, 15) is 0 Å². The van der Waals surface area contributed by atoms with Gasteiger partial charge < -0.3 is 12.2 Å². The molecule has 0 saturated heterocycles. The van der Waals surface area contributed by atoms with Crippen molar-refractivity contribution < 1.29 is 20.4 Å². The second kappa shape index (κ2) is 13.5. The molecule has 0 aromatic heterocycles. The number of ether oxygens (including phenoxy) is 1. The van der Waals surface area contributed by atoms with Crippen LogP contribution >= 0.6 is 9.69 Å². The van der Waals surface area contributed by atoms with Gasteiger partial charge in [0.05, 0.1) is 0 Å². The van der Waals surface area contributed by atoms with Gasteiger partial charge in [0.1, 0.15) is 0 Å². The van der Waals surface area contributed by atoms with Gasteiger partial charge in [0.25, 0.3) is 0 Å². The van der Waals surface area contributed by atoms with Crippen LogP contribution in [0.3, 0.4) is 0 Å². The van der Waals surface area contributed by atoms with Gasteiger partial charge in [-0.15, -0.1) is 0 Å². The molecule has 0 aliphatic rings. The van der Waals surface area contributed by atoms with E-state index < -0.39 is 0 Å². The van der Waals surface area contributed by atoms with Crippen molar-refractivity contribution in [2.75, 3.05) is 5.32 Å². The van der Waals surface area contributed by atoms with Crippen LogP contribution in [0.4, 0.5) is 5.69 Å². The molecule has 2 rings (SSSR count). The molecule has 0 spiro atoms. The number of aryl methyl sites for hydroxylation is 2. The van der Waals surface area contributed by atoms with E-state index in [-0.39, 0.29) is 32.7 Å². The summed E-state index contributed by atoms with van der Waals surface area (Å²) in [7, 11) is 5.72. The van der Waals surface area contributed by atoms with Crippen molar-refractivity contribution >= 4 is 20.0 Å². The first kappa shape index (κ1) is 28.9. The van der Waals surface area contributed by atoms with Crippen LogP contribution in [0.15, 0.2) is 42.5 Å². The number of nitrogens with one attached hydrogen (secondary N) is 1. The predicted molar refractivity (Wildman–Crippen MR) is 140 cm³/mol. The molecule has 2 nitrogen and oxygen atoms in total. The topological polar surface area (TPSA) is 21.3 Å². The van der Waals surface area contributed by atoms with Gasteiger partial charge in [-0.2, -0.15) is 5.41 Å². The van der Waals surface area contributed by atoms with E-state index in [1.807, 2.05) is 42.7 Å². The first-order chi connectivity index (χ1) is 14.9. The summed E-state index contributed by atoms with van der Waals surface area (Å²) in [4.78, 5) is 0. The molecule has 0 radical (unpaired) electrons. The van der Waals surface area contributed by atoms with Gasteiger partial charge >= 0.3 is 90.3 Å². The van der Waals surface area contributed by atoms with Gasteiger partial charge in [0.2, 0.25) is 0 Å². The van der Waals surface area contributed by atoms with Crippen LogP contribution in [0.1, 0.15) is 78.5 Å². The molecule has 0 unspecified atom stereocenters. The molecule has 181 valence electrons. The molecule has 2 aromatic carbocycles. The first-order valence-corrected chi connectivity index (χ1v) is 14.7. The van der Waals surface area contributed by atoms with E-state index in [0.717, 1.165) is 30.6 Å². The molecule has 0 atom stereocenters. The maximum Gasteiger partial charge on any atom is 0.0409 e. The van der Waals surface area contributed by atoms with Crippen molar-refractivity contribution in [3.8, 4) is 5.75 Å². The summed E-state index contributed by atoms with van der Waals surface area (Å²) >= 11 is -0.191. The molecule has 0 saturated carbocycles. The van der Waals surface area contributed by atoms with Crippen molar-refractivity contribution in [2.24, 2.45) is 5.41 Å². The first-order valence-electron chi connectivity index (χ1n) is 11.5. The standard InChI is InChI=1S/C18H30N.C10H12O.ClH.Ru/c1-8-14-11-10-12-15(9-2)16(14)19-18(6,7)13-17(3,4)5;1-8(2)11-10-7-5-4-6-9(10)3;;/h10-12,19H,3,8-9,13H2,1-2,4-7H3;3-8H,1-2H3;1H;/q-1;;;+1/p-1. The van der Waals surface area contributed by atoms with Crippen LogP contribution in [0.2, 0.25) is 0 Å². The molecule has 1 N–H and O–H groups in total. The molecule has 0 aliphatic carbocycles. The van der Waals surface area contributed by atoms with Crippen LogP contribution in [0.5, 0.6) is 5.75 Å². The van der Waals surface area contributed by atoms with Gasteiger partial charge in [0, 0.05) is 11.2 Å². The molecule has 0 aliphatic heterocycles. The Morgan fingerprint density at radius 3 is 2.03 bits per heavy atom. The normalized spacial score (nSPS) is 12.2. The van der Waals surface area contributed by atoms with Crippen LogP contribution in [-0.2, 0) is 28.5 Å². The Kier molecular flexibility index (Phi) is 12.2. The molecular formula is C28H42ClNORu-. The van der Waals surface area contributed by atoms with Crippen LogP contribution in [0.25, 0.3) is 0 Å². The Morgan fingerprint density at radius 2 is 1.56 bits per heavy atom. The van der Waals surface area contributed by atoms with E-state index in [4.69, 9.17) is 14.4 Å². The largest absolute Gasteiger partial charge is 0.380 e. The fourth-order valence-electron chi connectivity index (χ4n) is 3.95. The predicted octanol–water partition coefficient (Wildman–Crippen LogP) is 8.11. The molecule has 32 heavy (non-hydrogen) atoms. The number of rotatable bonds is 9. The van der Waals surface area contributed by atoms with Crippen molar-refractivity contribution in [3.05, 3.63) is 66.1 Å². The Labute approximate surface area is 208 Å². The van der Waals surface area contributed by atoms with Crippen LogP contribution in [0, 0.1) is 12.3 Å². The average molecular weight is 545 g/mol. The summed E-state index contributed by atoms with van der Waals surface area (Å²) in [6.45, 7) is 21.7. The summed E-state index contributed by atoms with van der Waals surface area (Å²) in [5, 5.41) is 3.77. The number of benzene rings is 2. The van der Waals surface area contributed by atoms with Crippen molar-refractivity contribution in [3.63, 3.8) is 0 Å². The molecule has 0 heterocycles. The summed E-state index contributed by atoms with van der Waals surface area (Å²) in [5.41, 5.74) is 5.40. The Bertz CT molecular complexity index is 831. The van der Waals surface area contributed by atoms with E-state index in [1.165, 1.54) is 16.8 Å². The Hall–Kier alpha value is -1.18. The zero-order valence-electron chi connectivity index (χ0n) is 21.2. The van der Waals surface area contributed by atoms with Crippen molar-refractivity contribution in [1.82, 2.24) is 0 Å². The second-order valence-electron chi connectivity index (χ2n) is 9.89. The summed E-state index contributed by atoms with van der Waals surface area (Å²) < 4.78 is 7.66. The van der Waals surface area contributed by atoms with Gasteiger partial charge in [0.15, 0.2) is 0 Å². The second-order valence-corrected chi connectivity index (χ2v) is 11.7. The summed E-state index contributed by atoms with van der Waals surface area (Å²) in [6, 6.07) is 14.6. The number of hydrogen-bond donors (Lipinski definition) is 1. The van der Waals surface area contributed by atoms with E-state index >= 15 is 0 Å². The van der Waals surface area contributed by atoms with Crippen molar-refractivity contribution in [2.45, 2.75) is 86.3 Å². The van der Waals surface area contributed by atoms with Gasteiger partial charge in [-0.1, -0.05) is 52.3 Å². The fourth-order valence-corrected chi connectivity index (χ4v) is 5.06. The molecule has 0 fully saturated rings. The SMILES string of the molecule is CC(C)Oc1ccccc1[CH]=[Ru][Cl].[CH2-]C(C)(C)CC(C)(C)Nc1c(CC)cccc1CC. The maximum absolute atomic E-state index is 5.72. The monoisotopic (exact) mass is 545 g/mol. The molecule has 4 heteroatoms. The maximum atomic E-state index is 5.72. The smallest absolute Gasteiger partial charge is 0.0409 e. The third kappa shape index (κ3) is 10.6.